The molecule has 3 heterocycles. The highest BCUT2D eigenvalue weighted by atomic mass is 79.9. The van der Waals surface area contributed by atoms with E-state index in [0.717, 1.165) is 52.7 Å². The third-order valence-corrected chi connectivity index (χ3v) is 6.41. The van der Waals surface area contributed by atoms with E-state index in [1.165, 1.54) is 0 Å². The molecule has 0 saturated carbocycles. The number of hydrogen-bond donors (Lipinski definition) is 0. The Balaban J connectivity index is 1.55. The van der Waals surface area contributed by atoms with Crippen molar-refractivity contribution in [2.24, 2.45) is 0 Å². The molecule has 146 valence electrons. The van der Waals surface area contributed by atoms with Crippen molar-refractivity contribution in [3.8, 4) is 5.69 Å². The van der Waals surface area contributed by atoms with Crippen molar-refractivity contribution in [2.45, 2.75) is 20.3 Å². The lowest BCUT2D eigenvalue weighted by atomic mass is 10.1. The number of halogens is 1. The highest BCUT2D eigenvalue weighted by molar-refractivity contribution is 9.10. The molecule has 1 aromatic carbocycles. The molecule has 1 aliphatic rings. The van der Waals surface area contributed by atoms with E-state index in [1.54, 1.807) is 11.3 Å². The maximum Gasteiger partial charge on any atom is 0.257 e. The molecule has 0 atom stereocenters. The maximum atomic E-state index is 13.3. The van der Waals surface area contributed by atoms with Gasteiger partial charge in [-0.1, -0.05) is 15.9 Å². The molecule has 0 bridgehead atoms. The Morgan fingerprint density at radius 3 is 2.61 bits per heavy atom. The molecule has 3 aromatic rings. The lowest BCUT2D eigenvalue weighted by molar-refractivity contribution is 0.0765. The molecule has 4 rings (SSSR count). The summed E-state index contributed by atoms with van der Waals surface area (Å²) in [6, 6.07) is 7.95. The number of thiazole rings is 1. The van der Waals surface area contributed by atoms with E-state index in [-0.39, 0.29) is 5.91 Å². The number of hydrogen-bond acceptors (Lipinski definition) is 5. The number of nitrogens with zero attached hydrogens (tertiary/aromatic N) is 5. The maximum absolute atomic E-state index is 13.3. The minimum atomic E-state index is 0.0688. The molecular formula is C20H22BrN5OS. The second-order valence-electron chi connectivity index (χ2n) is 6.88. The Morgan fingerprint density at radius 2 is 1.89 bits per heavy atom. The monoisotopic (exact) mass is 459 g/mol. The topological polar surface area (TPSA) is 54.3 Å². The zero-order valence-corrected chi connectivity index (χ0v) is 18.3. The number of amides is 1. The van der Waals surface area contributed by atoms with Gasteiger partial charge in [0, 0.05) is 42.2 Å². The summed E-state index contributed by atoms with van der Waals surface area (Å²) in [6.45, 7) is 7.06. The van der Waals surface area contributed by atoms with Gasteiger partial charge in [-0.05, 0) is 44.5 Å². The Hall–Kier alpha value is -2.19. The third-order valence-electron chi connectivity index (χ3n) is 5.05. The van der Waals surface area contributed by atoms with Gasteiger partial charge < -0.3 is 9.80 Å². The van der Waals surface area contributed by atoms with Crippen molar-refractivity contribution < 1.29 is 4.79 Å². The zero-order chi connectivity index (χ0) is 19.7. The van der Waals surface area contributed by atoms with Crippen molar-refractivity contribution in [1.29, 1.82) is 0 Å². The van der Waals surface area contributed by atoms with Crippen LogP contribution in [0, 0.1) is 13.8 Å². The molecule has 1 saturated heterocycles. The van der Waals surface area contributed by atoms with Crippen LogP contribution in [0.4, 0.5) is 5.13 Å². The van der Waals surface area contributed by atoms with Crippen LogP contribution >= 0.6 is 27.3 Å². The molecule has 2 aromatic heterocycles. The van der Waals surface area contributed by atoms with Crippen molar-refractivity contribution in [3.63, 3.8) is 0 Å². The molecule has 28 heavy (non-hydrogen) atoms. The predicted octanol–water partition coefficient (Wildman–Crippen LogP) is 4.06. The average molecular weight is 460 g/mol. The van der Waals surface area contributed by atoms with Gasteiger partial charge in [-0.25, -0.2) is 9.67 Å². The first kappa shape index (κ1) is 19.1. The van der Waals surface area contributed by atoms with Gasteiger partial charge in [0.15, 0.2) is 5.13 Å². The lowest BCUT2D eigenvalue weighted by Gasteiger charge is -2.22. The van der Waals surface area contributed by atoms with E-state index < -0.39 is 0 Å². The molecule has 0 aliphatic carbocycles. The minimum Gasteiger partial charge on any atom is -0.346 e. The first-order chi connectivity index (χ1) is 13.5. The number of rotatable bonds is 3. The first-order valence-corrected chi connectivity index (χ1v) is 11.0. The molecule has 8 heteroatoms. The van der Waals surface area contributed by atoms with Crippen molar-refractivity contribution >= 4 is 38.3 Å². The van der Waals surface area contributed by atoms with Crippen LogP contribution in [0.1, 0.15) is 28.2 Å². The summed E-state index contributed by atoms with van der Waals surface area (Å²) in [4.78, 5) is 21.9. The largest absolute Gasteiger partial charge is 0.346 e. The first-order valence-electron chi connectivity index (χ1n) is 9.30. The summed E-state index contributed by atoms with van der Waals surface area (Å²) in [5.41, 5.74) is 3.32. The standard InChI is InChI=1S/C20H22BrN5OS/c1-14-18(15(2)26(23-14)17-6-4-16(21)5-7-17)19(27)24-9-3-10-25(12-11-24)20-22-8-13-28-20/h4-8,13H,3,9-12H2,1-2H3. The van der Waals surface area contributed by atoms with Crippen LogP contribution < -0.4 is 4.90 Å². The van der Waals surface area contributed by atoms with Gasteiger partial charge in [0.25, 0.3) is 5.91 Å². The average Bonchev–Trinajstić information content (AvgIpc) is 3.23. The fraction of sp³-hybridized carbons (Fsp3) is 0.350. The molecule has 1 fully saturated rings. The zero-order valence-electron chi connectivity index (χ0n) is 15.9. The van der Waals surface area contributed by atoms with Gasteiger partial charge in [0.2, 0.25) is 0 Å². The minimum absolute atomic E-state index is 0.0688. The number of aromatic nitrogens is 3. The normalized spacial score (nSPS) is 15.0. The van der Waals surface area contributed by atoms with Gasteiger partial charge in [0.1, 0.15) is 0 Å². The van der Waals surface area contributed by atoms with E-state index in [0.29, 0.717) is 12.1 Å². The van der Waals surface area contributed by atoms with E-state index in [1.807, 2.05) is 59.3 Å². The molecule has 1 aliphatic heterocycles. The van der Waals surface area contributed by atoms with E-state index in [4.69, 9.17) is 0 Å². The van der Waals surface area contributed by atoms with Crippen LogP contribution in [0.5, 0.6) is 0 Å². The van der Waals surface area contributed by atoms with Crippen LogP contribution in [0.2, 0.25) is 0 Å². The second-order valence-corrected chi connectivity index (χ2v) is 8.67. The molecule has 1 amide bonds. The second kappa shape index (κ2) is 8.05. The SMILES string of the molecule is Cc1nn(-c2ccc(Br)cc2)c(C)c1C(=O)N1CCCN(c2nccs2)CC1. The van der Waals surface area contributed by atoms with Gasteiger partial charge in [-0.2, -0.15) is 5.10 Å². The number of carbonyl (C=O) groups excluding carboxylic acids is 1. The van der Waals surface area contributed by atoms with Crippen LogP contribution in [0.3, 0.4) is 0 Å². The van der Waals surface area contributed by atoms with E-state index in [2.05, 4.69) is 30.9 Å². The number of carbonyl (C=O) groups is 1. The summed E-state index contributed by atoms with van der Waals surface area (Å²) in [7, 11) is 0. The van der Waals surface area contributed by atoms with E-state index in [9.17, 15) is 4.79 Å². The highest BCUT2D eigenvalue weighted by Crippen LogP contribution is 2.23. The summed E-state index contributed by atoms with van der Waals surface area (Å²) < 4.78 is 2.87. The summed E-state index contributed by atoms with van der Waals surface area (Å²) in [5, 5.41) is 7.66. The Morgan fingerprint density at radius 1 is 1.11 bits per heavy atom. The van der Waals surface area contributed by atoms with Crippen molar-refractivity contribution in [1.82, 2.24) is 19.7 Å². The smallest absolute Gasteiger partial charge is 0.257 e. The summed E-state index contributed by atoms with van der Waals surface area (Å²) in [5.74, 6) is 0.0688. The molecule has 0 radical (unpaired) electrons. The fourth-order valence-electron chi connectivity index (χ4n) is 3.63. The Bertz CT molecular complexity index is 967. The van der Waals surface area contributed by atoms with Crippen molar-refractivity contribution in [3.05, 3.63) is 57.3 Å². The van der Waals surface area contributed by atoms with Crippen molar-refractivity contribution in [2.75, 3.05) is 31.1 Å². The van der Waals surface area contributed by atoms with Gasteiger partial charge in [-0.15, -0.1) is 11.3 Å². The Labute approximate surface area is 176 Å². The molecular weight excluding hydrogens is 438 g/mol. The van der Waals surface area contributed by atoms with Crippen LogP contribution in [-0.2, 0) is 0 Å². The third kappa shape index (κ3) is 3.71. The van der Waals surface area contributed by atoms with Gasteiger partial charge >= 0.3 is 0 Å². The molecule has 0 N–H and O–H groups in total. The highest BCUT2D eigenvalue weighted by Gasteiger charge is 2.26. The fourth-order valence-corrected chi connectivity index (χ4v) is 4.59. The molecule has 0 unspecified atom stereocenters. The lowest BCUT2D eigenvalue weighted by Crippen LogP contribution is -2.35. The van der Waals surface area contributed by atoms with E-state index >= 15 is 0 Å². The number of anilines is 1. The summed E-state index contributed by atoms with van der Waals surface area (Å²) >= 11 is 5.11. The van der Waals surface area contributed by atoms with Crippen LogP contribution in [0.15, 0.2) is 40.3 Å². The number of aryl methyl sites for hydroxylation is 1. The van der Waals surface area contributed by atoms with Gasteiger partial charge in [-0.3, -0.25) is 4.79 Å². The summed E-state index contributed by atoms with van der Waals surface area (Å²) in [6.07, 6.45) is 2.77. The van der Waals surface area contributed by atoms with Crippen LogP contribution in [0.25, 0.3) is 5.69 Å². The quantitative estimate of drug-likeness (QED) is 0.592. The Kier molecular flexibility index (Phi) is 5.50. The van der Waals surface area contributed by atoms with Gasteiger partial charge in [0.05, 0.1) is 22.6 Å². The molecule has 6 nitrogen and oxygen atoms in total. The van der Waals surface area contributed by atoms with Crippen LogP contribution in [-0.4, -0.2) is 51.8 Å². The molecule has 0 spiro atoms. The number of benzene rings is 1. The predicted molar refractivity (Wildman–Crippen MR) is 116 cm³/mol.